The second-order valence-corrected chi connectivity index (χ2v) is 7.37. The van der Waals surface area contributed by atoms with E-state index in [1.54, 1.807) is 12.1 Å². The zero-order chi connectivity index (χ0) is 19.1. The molecule has 0 spiro atoms. The number of non-ortho nitro benzene ring substituents is 1. The van der Waals surface area contributed by atoms with E-state index in [1.165, 1.54) is 35.7 Å². The number of amides is 1. The summed E-state index contributed by atoms with van der Waals surface area (Å²) in [7, 11) is 0. The topological polar surface area (TPSA) is 127 Å². The number of thioether (sulfide) groups is 1. The number of rotatable bonds is 6. The van der Waals surface area contributed by atoms with Crippen molar-refractivity contribution >= 4 is 35.3 Å². The van der Waals surface area contributed by atoms with Crippen LogP contribution in [0.4, 0.5) is 5.69 Å². The smallest absolute Gasteiger partial charge is 0.353 e. The molecule has 0 aromatic heterocycles. The number of hydrogen-bond donors (Lipinski definition) is 1. The molecule has 9 nitrogen and oxygen atoms in total. The van der Waals surface area contributed by atoms with Gasteiger partial charge in [-0.2, -0.15) is 0 Å². The van der Waals surface area contributed by atoms with Crippen molar-refractivity contribution < 1.29 is 29.2 Å². The third-order valence-electron chi connectivity index (χ3n) is 4.12. The molecule has 26 heavy (non-hydrogen) atoms. The summed E-state index contributed by atoms with van der Waals surface area (Å²) in [6.45, 7) is 1.00. The fourth-order valence-corrected chi connectivity index (χ4v) is 4.63. The van der Waals surface area contributed by atoms with Crippen LogP contribution in [-0.2, 0) is 25.5 Å². The lowest BCUT2D eigenvalue weighted by Gasteiger charge is -2.47. The minimum atomic E-state index is -1.27. The van der Waals surface area contributed by atoms with Crippen LogP contribution >= 0.6 is 11.8 Å². The Morgan fingerprint density at radius 3 is 2.54 bits per heavy atom. The molecule has 3 rings (SSSR count). The lowest BCUT2D eigenvalue weighted by molar-refractivity contribution is -0.384. The van der Waals surface area contributed by atoms with Gasteiger partial charge in [-0.3, -0.25) is 24.6 Å². The van der Waals surface area contributed by atoms with Gasteiger partial charge < -0.3 is 9.84 Å². The summed E-state index contributed by atoms with van der Waals surface area (Å²) < 4.78 is 4.91. The molecule has 136 valence electrons. The molecule has 10 heteroatoms. The quantitative estimate of drug-likeness (QED) is 0.343. The fourth-order valence-electron chi connectivity index (χ4n) is 3.05. The number of nitrogens with zero attached hydrogens (tertiary/aromatic N) is 2. The third kappa shape index (κ3) is 3.03. The van der Waals surface area contributed by atoms with E-state index in [9.17, 15) is 29.6 Å². The van der Waals surface area contributed by atoms with E-state index in [1.807, 2.05) is 0 Å². The van der Waals surface area contributed by atoms with Crippen LogP contribution in [0.2, 0.25) is 0 Å². The monoisotopic (exact) mass is 378 g/mol. The van der Waals surface area contributed by atoms with Crippen LogP contribution in [-0.4, -0.2) is 44.3 Å². The van der Waals surface area contributed by atoms with Crippen molar-refractivity contribution in [3.8, 4) is 0 Å². The Morgan fingerprint density at radius 2 is 2.04 bits per heavy atom. The van der Waals surface area contributed by atoms with E-state index in [0.717, 1.165) is 5.56 Å². The maximum Gasteiger partial charge on any atom is 0.353 e. The van der Waals surface area contributed by atoms with Crippen LogP contribution in [0.25, 0.3) is 0 Å². The van der Waals surface area contributed by atoms with Crippen molar-refractivity contribution in [1.29, 1.82) is 0 Å². The largest absolute Gasteiger partial charge is 0.477 e. The summed E-state index contributed by atoms with van der Waals surface area (Å²) in [6.07, 6.45) is 0.455. The highest BCUT2D eigenvalue weighted by Gasteiger charge is 2.60. The first-order chi connectivity index (χ1) is 12.2. The van der Waals surface area contributed by atoms with Gasteiger partial charge in [0.1, 0.15) is 17.2 Å². The standard InChI is InChI=1S/C16H14N2O7S/c1-9(19)25-8-12-14(15(21)22)17-13(20)7-16(17,26-12)6-10-2-4-11(5-3-10)18(23)24/h2-5H,6-8H2,1H3,(H,21,22)/t16-/m1/s1. The molecule has 2 aliphatic heterocycles. The van der Waals surface area contributed by atoms with Crippen molar-refractivity contribution in [3.05, 3.63) is 50.5 Å². The predicted molar refractivity (Wildman–Crippen MR) is 89.9 cm³/mol. The molecule has 2 heterocycles. The van der Waals surface area contributed by atoms with Gasteiger partial charge in [0.25, 0.3) is 5.69 Å². The first-order valence-electron chi connectivity index (χ1n) is 7.59. The summed E-state index contributed by atoms with van der Waals surface area (Å²) in [6, 6.07) is 5.89. The van der Waals surface area contributed by atoms with Gasteiger partial charge in [0.05, 0.1) is 16.2 Å². The van der Waals surface area contributed by atoms with Gasteiger partial charge >= 0.3 is 11.9 Å². The Labute approximate surface area is 151 Å². The number of aliphatic carboxylic acids is 1. The highest BCUT2D eigenvalue weighted by atomic mass is 32.2. The average molecular weight is 378 g/mol. The summed E-state index contributed by atoms with van der Waals surface area (Å²) in [4.78, 5) is 45.7. The van der Waals surface area contributed by atoms with Crippen molar-refractivity contribution in [1.82, 2.24) is 4.90 Å². The van der Waals surface area contributed by atoms with Crippen LogP contribution in [0.3, 0.4) is 0 Å². The molecular formula is C16H14N2O7S. The Hall–Kier alpha value is -2.88. The van der Waals surface area contributed by atoms with Crippen molar-refractivity contribution in [2.75, 3.05) is 6.61 Å². The Morgan fingerprint density at radius 1 is 1.38 bits per heavy atom. The molecule has 0 saturated carbocycles. The maximum atomic E-state index is 12.1. The molecule has 1 N–H and O–H groups in total. The van der Waals surface area contributed by atoms with Crippen LogP contribution in [0, 0.1) is 10.1 Å². The molecule has 1 atom stereocenters. The molecule has 2 aliphatic rings. The zero-order valence-corrected chi connectivity index (χ0v) is 14.4. The SMILES string of the molecule is CC(=O)OCC1=C(C(=O)O)N2C(=O)C[C@@]2(Cc2ccc([N+](=O)[O-])cc2)S1. The van der Waals surface area contributed by atoms with E-state index in [2.05, 4.69) is 0 Å². The Kier molecular flexibility index (Phi) is 4.45. The van der Waals surface area contributed by atoms with Crippen molar-refractivity contribution in [2.45, 2.75) is 24.6 Å². The number of nitro benzene ring substituents is 1. The van der Waals surface area contributed by atoms with Crippen LogP contribution < -0.4 is 0 Å². The van der Waals surface area contributed by atoms with Crippen molar-refractivity contribution in [3.63, 3.8) is 0 Å². The van der Waals surface area contributed by atoms with E-state index in [0.29, 0.717) is 11.3 Å². The fraction of sp³-hybridized carbons (Fsp3) is 0.312. The molecule has 1 amide bonds. The van der Waals surface area contributed by atoms with E-state index in [-0.39, 0.29) is 30.3 Å². The summed E-state index contributed by atoms with van der Waals surface area (Å²) in [5.74, 6) is -2.14. The number of benzene rings is 1. The number of nitro groups is 1. The number of carbonyl (C=O) groups excluding carboxylic acids is 2. The molecular weight excluding hydrogens is 364 g/mol. The van der Waals surface area contributed by atoms with Gasteiger partial charge in [0.2, 0.25) is 5.91 Å². The molecule has 0 bridgehead atoms. The molecule has 0 aliphatic carbocycles. The zero-order valence-electron chi connectivity index (χ0n) is 13.6. The normalized spacial score (nSPS) is 21.3. The number of carboxylic acid groups (broad SMARTS) is 1. The minimum absolute atomic E-state index is 0.0493. The summed E-state index contributed by atoms with van der Waals surface area (Å²) in [5, 5.41) is 20.2. The minimum Gasteiger partial charge on any atom is -0.477 e. The summed E-state index contributed by atoms with van der Waals surface area (Å²) >= 11 is 1.19. The highest BCUT2D eigenvalue weighted by molar-refractivity contribution is 8.04. The van der Waals surface area contributed by atoms with E-state index < -0.39 is 21.7 Å². The molecule has 1 fully saturated rings. The van der Waals surface area contributed by atoms with Crippen LogP contribution in [0.1, 0.15) is 18.9 Å². The highest BCUT2D eigenvalue weighted by Crippen LogP contribution is 2.56. The first-order valence-corrected chi connectivity index (χ1v) is 8.40. The second-order valence-electron chi connectivity index (χ2n) is 5.91. The molecule has 1 aromatic carbocycles. The van der Waals surface area contributed by atoms with Crippen LogP contribution in [0.15, 0.2) is 34.9 Å². The lowest BCUT2D eigenvalue weighted by atomic mass is 9.92. The average Bonchev–Trinajstić information content (AvgIpc) is 2.81. The molecule has 0 radical (unpaired) electrons. The van der Waals surface area contributed by atoms with Gasteiger partial charge in [-0.05, 0) is 5.56 Å². The lowest BCUT2D eigenvalue weighted by Crippen LogP contribution is -2.60. The number of carbonyl (C=O) groups is 3. The number of carboxylic acids is 1. The van der Waals surface area contributed by atoms with Gasteiger partial charge in [0.15, 0.2) is 0 Å². The van der Waals surface area contributed by atoms with Gasteiger partial charge in [-0.15, -0.1) is 0 Å². The third-order valence-corrected chi connectivity index (χ3v) is 5.53. The number of β-lactam (4-membered cyclic amide) rings is 1. The van der Waals surface area contributed by atoms with Gasteiger partial charge in [-0.1, -0.05) is 23.9 Å². The van der Waals surface area contributed by atoms with Gasteiger partial charge in [-0.25, -0.2) is 4.79 Å². The van der Waals surface area contributed by atoms with Crippen LogP contribution in [0.5, 0.6) is 0 Å². The second kappa shape index (κ2) is 6.45. The predicted octanol–water partition coefficient (Wildman–Crippen LogP) is 1.67. The molecule has 1 aromatic rings. The Bertz CT molecular complexity index is 849. The Balaban J connectivity index is 1.86. The first kappa shape index (κ1) is 17.9. The molecule has 0 unspecified atom stereocenters. The van der Waals surface area contributed by atoms with Crippen molar-refractivity contribution in [2.24, 2.45) is 0 Å². The van der Waals surface area contributed by atoms with E-state index in [4.69, 9.17) is 4.74 Å². The summed E-state index contributed by atoms with van der Waals surface area (Å²) in [5.41, 5.74) is 0.514. The van der Waals surface area contributed by atoms with E-state index >= 15 is 0 Å². The van der Waals surface area contributed by atoms with Gasteiger partial charge in [0, 0.05) is 25.5 Å². The number of fused-ring (bicyclic) bond motifs is 1. The number of hydrogen-bond acceptors (Lipinski definition) is 7. The maximum absolute atomic E-state index is 12.1. The molecule has 1 saturated heterocycles. The number of esters is 1. The number of ether oxygens (including phenoxy) is 1.